The number of urea groups is 1. The summed E-state index contributed by atoms with van der Waals surface area (Å²) in [4.78, 5) is 13.5. The van der Waals surface area contributed by atoms with Gasteiger partial charge in [0.15, 0.2) is 0 Å². The Labute approximate surface area is 125 Å². The predicted octanol–water partition coefficient (Wildman–Crippen LogP) is 1.65. The lowest BCUT2D eigenvalue weighted by Crippen LogP contribution is -2.42. The number of amides is 2. The van der Waals surface area contributed by atoms with Gasteiger partial charge >= 0.3 is 6.03 Å². The molecule has 0 radical (unpaired) electrons. The summed E-state index contributed by atoms with van der Waals surface area (Å²) in [6.07, 6.45) is 2.47. The SMILES string of the molecule is COc1ccccc1CCNC(=O)N(C)CC(O)C1CC1. The minimum absolute atomic E-state index is 0.149. The Balaban J connectivity index is 1.73. The molecule has 116 valence electrons. The highest BCUT2D eigenvalue weighted by Crippen LogP contribution is 2.32. The van der Waals surface area contributed by atoms with Crippen LogP contribution in [0.15, 0.2) is 24.3 Å². The number of aliphatic hydroxyl groups excluding tert-OH is 1. The number of hydrogen-bond acceptors (Lipinski definition) is 3. The van der Waals surface area contributed by atoms with E-state index >= 15 is 0 Å². The van der Waals surface area contributed by atoms with Gasteiger partial charge < -0.3 is 20.1 Å². The number of ether oxygens (including phenoxy) is 1. The molecule has 5 heteroatoms. The van der Waals surface area contributed by atoms with Crippen LogP contribution in [0.4, 0.5) is 4.79 Å². The Morgan fingerprint density at radius 3 is 2.86 bits per heavy atom. The Kier molecular flexibility index (Phi) is 5.44. The summed E-state index contributed by atoms with van der Waals surface area (Å²) in [6, 6.07) is 7.64. The first-order chi connectivity index (χ1) is 10.1. The molecule has 0 heterocycles. The normalized spacial score (nSPS) is 15.4. The molecule has 5 nitrogen and oxygen atoms in total. The molecule has 21 heavy (non-hydrogen) atoms. The van der Waals surface area contributed by atoms with Crippen LogP contribution < -0.4 is 10.1 Å². The summed E-state index contributed by atoms with van der Waals surface area (Å²) in [7, 11) is 3.36. The highest BCUT2D eigenvalue weighted by Gasteiger charge is 2.31. The summed E-state index contributed by atoms with van der Waals surface area (Å²) < 4.78 is 5.28. The largest absolute Gasteiger partial charge is 0.496 e. The lowest BCUT2D eigenvalue weighted by atomic mass is 10.1. The Bertz CT molecular complexity index is 474. The number of para-hydroxylation sites is 1. The van der Waals surface area contributed by atoms with E-state index in [4.69, 9.17) is 4.74 Å². The average Bonchev–Trinajstić information content (AvgIpc) is 3.32. The standard InChI is InChI=1S/C16H24N2O3/c1-18(11-14(19)12-7-8-12)16(20)17-10-9-13-5-3-4-6-15(13)21-2/h3-6,12,14,19H,7-11H2,1-2H3,(H,17,20). The molecule has 2 N–H and O–H groups in total. The molecule has 0 aromatic heterocycles. The number of aliphatic hydroxyl groups is 1. The van der Waals surface area contributed by atoms with E-state index in [2.05, 4.69) is 5.32 Å². The number of methoxy groups -OCH3 is 1. The van der Waals surface area contributed by atoms with Gasteiger partial charge in [-0.15, -0.1) is 0 Å². The lowest BCUT2D eigenvalue weighted by Gasteiger charge is -2.21. The third-order valence-corrected chi connectivity index (χ3v) is 3.84. The van der Waals surface area contributed by atoms with Crippen LogP contribution in [0.1, 0.15) is 18.4 Å². The van der Waals surface area contributed by atoms with Gasteiger partial charge in [-0.25, -0.2) is 4.79 Å². The summed E-state index contributed by atoms with van der Waals surface area (Å²) in [5, 5.41) is 12.7. The number of carbonyl (C=O) groups excluding carboxylic acids is 1. The number of benzene rings is 1. The van der Waals surface area contributed by atoms with E-state index < -0.39 is 6.10 Å². The van der Waals surface area contributed by atoms with Gasteiger partial charge in [0.05, 0.1) is 13.2 Å². The lowest BCUT2D eigenvalue weighted by molar-refractivity contribution is 0.113. The van der Waals surface area contributed by atoms with Gasteiger partial charge in [0.25, 0.3) is 0 Å². The maximum Gasteiger partial charge on any atom is 0.317 e. The summed E-state index contributed by atoms with van der Waals surface area (Å²) in [6.45, 7) is 0.939. The minimum atomic E-state index is -0.394. The summed E-state index contributed by atoms with van der Waals surface area (Å²) in [5.74, 6) is 1.22. The van der Waals surface area contributed by atoms with E-state index in [1.807, 2.05) is 24.3 Å². The summed E-state index contributed by atoms with van der Waals surface area (Å²) in [5.41, 5.74) is 1.07. The molecule has 1 unspecified atom stereocenters. The van der Waals surface area contributed by atoms with Crippen LogP contribution >= 0.6 is 0 Å². The van der Waals surface area contributed by atoms with Crippen molar-refractivity contribution >= 4 is 6.03 Å². The van der Waals surface area contributed by atoms with Crippen molar-refractivity contribution in [2.24, 2.45) is 5.92 Å². The number of nitrogens with zero attached hydrogens (tertiary/aromatic N) is 1. The average molecular weight is 292 g/mol. The molecule has 1 atom stereocenters. The van der Waals surface area contributed by atoms with Crippen LogP contribution in [0.2, 0.25) is 0 Å². The second kappa shape index (κ2) is 7.31. The van der Waals surface area contributed by atoms with Crippen molar-refractivity contribution in [3.05, 3.63) is 29.8 Å². The third kappa shape index (κ3) is 4.63. The van der Waals surface area contributed by atoms with Crippen LogP contribution in [0.3, 0.4) is 0 Å². The van der Waals surface area contributed by atoms with Crippen molar-refractivity contribution in [1.82, 2.24) is 10.2 Å². The zero-order chi connectivity index (χ0) is 15.2. The maximum atomic E-state index is 11.9. The molecule has 1 aromatic carbocycles. The van der Waals surface area contributed by atoms with Gasteiger partial charge in [0.1, 0.15) is 5.75 Å². The number of rotatable bonds is 7. The third-order valence-electron chi connectivity index (χ3n) is 3.84. The van der Waals surface area contributed by atoms with Crippen LogP contribution in [-0.2, 0) is 6.42 Å². The van der Waals surface area contributed by atoms with Crippen LogP contribution in [-0.4, -0.2) is 49.4 Å². The van der Waals surface area contributed by atoms with Crippen molar-refractivity contribution in [2.75, 3.05) is 27.2 Å². The monoisotopic (exact) mass is 292 g/mol. The number of nitrogens with one attached hydrogen (secondary N) is 1. The van der Waals surface area contributed by atoms with Gasteiger partial charge in [-0.05, 0) is 36.8 Å². The molecule has 0 spiro atoms. The van der Waals surface area contributed by atoms with E-state index in [-0.39, 0.29) is 6.03 Å². The van der Waals surface area contributed by atoms with Crippen molar-refractivity contribution in [3.63, 3.8) is 0 Å². The minimum Gasteiger partial charge on any atom is -0.496 e. The first-order valence-electron chi connectivity index (χ1n) is 7.40. The number of likely N-dealkylation sites (N-methyl/N-ethyl adjacent to an activating group) is 1. The molecular weight excluding hydrogens is 268 g/mol. The van der Waals surface area contributed by atoms with Crippen molar-refractivity contribution in [1.29, 1.82) is 0 Å². The molecule has 0 aliphatic heterocycles. The van der Waals surface area contributed by atoms with E-state index in [0.29, 0.717) is 19.0 Å². The maximum absolute atomic E-state index is 11.9. The molecule has 1 fully saturated rings. The molecule has 2 rings (SSSR count). The molecule has 1 aromatic rings. The zero-order valence-electron chi connectivity index (χ0n) is 12.7. The first kappa shape index (κ1) is 15.6. The van der Waals surface area contributed by atoms with Crippen molar-refractivity contribution < 1.29 is 14.6 Å². The first-order valence-corrected chi connectivity index (χ1v) is 7.40. The molecule has 0 saturated heterocycles. The predicted molar refractivity (Wildman–Crippen MR) is 81.5 cm³/mol. The second-order valence-electron chi connectivity index (χ2n) is 5.58. The van der Waals surface area contributed by atoms with Crippen LogP contribution in [0.5, 0.6) is 5.75 Å². The van der Waals surface area contributed by atoms with Crippen LogP contribution in [0.25, 0.3) is 0 Å². The molecular formula is C16H24N2O3. The van der Waals surface area contributed by atoms with Gasteiger partial charge in [-0.2, -0.15) is 0 Å². The van der Waals surface area contributed by atoms with E-state index in [0.717, 1.165) is 30.6 Å². The van der Waals surface area contributed by atoms with Gasteiger partial charge in [0.2, 0.25) is 0 Å². The molecule has 0 bridgehead atoms. The van der Waals surface area contributed by atoms with E-state index in [1.165, 1.54) is 0 Å². The van der Waals surface area contributed by atoms with Crippen LogP contribution in [0, 0.1) is 5.92 Å². The smallest absolute Gasteiger partial charge is 0.317 e. The quantitative estimate of drug-likeness (QED) is 0.803. The van der Waals surface area contributed by atoms with Crippen molar-refractivity contribution in [2.45, 2.75) is 25.4 Å². The number of hydrogen-bond donors (Lipinski definition) is 2. The fraction of sp³-hybridized carbons (Fsp3) is 0.562. The number of carbonyl (C=O) groups is 1. The Morgan fingerprint density at radius 2 is 2.19 bits per heavy atom. The Morgan fingerprint density at radius 1 is 1.48 bits per heavy atom. The molecule has 1 aliphatic rings. The van der Waals surface area contributed by atoms with Crippen molar-refractivity contribution in [3.8, 4) is 5.75 Å². The molecule has 1 aliphatic carbocycles. The van der Waals surface area contributed by atoms with Gasteiger partial charge in [-0.3, -0.25) is 0 Å². The molecule has 1 saturated carbocycles. The van der Waals surface area contributed by atoms with Gasteiger partial charge in [0, 0.05) is 20.1 Å². The fourth-order valence-electron chi connectivity index (χ4n) is 2.34. The van der Waals surface area contributed by atoms with Gasteiger partial charge in [-0.1, -0.05) is 18.2 Å². The highest BCUT2D eigenvalue weighted by atomic mass is 16.5. The summed E-state index contributed by atoms with van der Waals surface area (Å²) >= 11 is 0. The topological polar surface area (TPSA) is 61.8 Å². The second-order valence-corrected chi connectivity index (χ2v) is 5.58. The van der Waals surface area contributed by atoms with E-state index in [9.17, 15) is 9.90 Å². The fourth-order valence-corrected chi connectivity index (χ4v) is 2.34. The zero-order valence-corrected chi connectivity index (χ0v) is 12.7. The Hall–Kier alpha value is -1.75. The van der Waals surface area contributed by atoms with E-state index in [1.54, 1.807) is 19.1 Å². The molecule has 2 amide bonds. The highest BCUT2D eigenvalue weighted by molar-refractivity contribution is 5.73.